The maximum atomic E-state index is 11.0. The van der Waals surface area contributed by atoms with E-state index in [-0.39, 0.29) is 5.75 Å². The van der Waals surface area contributed by atoms with Crippen molar-refractivity contribution in [3.63, 3.8) is 0 Å². The van der Waals surface area contributed by atoms with Gasteiger partial charge in [0, 0.05) is 43.0 Å². The second kappa shape index (κ2) is 6.34. The van der Waals surface area contributed by atoms with Crippen LogP contribution >= 0.6 is 11.6 Å². The molecule has 7 heteroatoms. The first kappa shape index (κ1) is 15.4. The number of carboxylic acid groups (broad SMARTS) is 1. The van der Waals surface area contributed by atoms with Crippen molar-refractivity contribution in [2.45, 2.75) is 0 Å². The van der Waals surface area contributed by atoms with Gasteiger partial charge in [0.25, 0.3) is 0 Å². The molecule has 6 nitrogen and oxygen atoms in total. The molecule has 1 amide bonds. The van der Waals surface area contributed by atoms with Crippen molar-refractivity contribution in [1.82, 2.24) is 9.88 Å². The van der Waals surface area contributed by atoms with E-state index in [0.717, 1.165) is 11.4 Å². The van der Waals surface area contributed by atoms with Crippen LogP contribution in [0.15, 0.2) is 36.5 Å². The third-order valence-electron chi connectivity index (χ3n) is 3.89. The Labute approximate surface area is 138 Å². The molecule has 3 rings (SSSR count). The first-order chi connectivity index (χ1) is 11.0. The van der Waals surface area contributed by atoms with Crippen LogP contribution in [0.3, 0.4) is 0 Å². The van der Waals surface area contributed by atoms with Gasteiger partial charge in [0.2, 0.25) is 0 Å². The quantitative estimate of drug-likeness (QED) is 0.883. The molecule has 2 heterocycles. The van der Waals surface area contributed by atoms with E-state index < -0.39 is 6.09 Å². The smallest absolute Gasteiger partial charge is 0.407 e. The Hall–Kier alpha value is -2.47. The van der Waals surface area contributed by atoms with E-state index in [1.807, 2.05) is 17.0 Å². The van der Waals surface area contributed by atoms with Gasteiger partial charge >= 0.3 is 6.09 Å². The summed E-state index contributed by atoms with van der Waals surface area (Å²) in [4.78, 5) is 18.7. The highest BCUT2D eigenvalue weighted by atomic mass is 35.5. The lowest BCUT2D eigenvalue weighted by Crippen LogP contribution is -2.48. The van der Waals surface area contributed by atoms with Gasteiger partial charge in [-0.25, -0.2) is 9.78 Å². The largest absolute Gasteiger partial charge is 0.507 e. The minimum Gasteiger partial charge on any atom is -0.507 e. The lowest BCUT2D eigenvalue weighted by atomic mass is 10.1. The molecular formula is C16H16ClN3O3. The van der Waals surface area contributed by atoms with Crippen LogP contribution in [0.2, 0.25) is 5.02 Å². The summed E-state index contributed by atoms with van der Waals surface area (Å²) in [5.41, 5.74) is 1.46. The molecule has 2 N–H and O–H groups in total. The van der Waals surface area contributed by atoms with Crippen LogP contribution in [0.5, 0.6) is 5.75 Å². The fourth-order valence-electron chi connectivity index (χ4n) is 2.63. The number of aromatic nitrogens is 1. The fourth-order valence-corrected chi connectivity index (χ4v) is 2.80. The number of amides is 1. The zero-order chi connectivity index (χ0) is 16.4. The lowest BCUT2D eigenvalue weighted by molar-refractivity contribution is 0.142. The number of pyridine rings is 1. The Morgan fingerprint density at radius 3 is 2.57 bits per heavy atom. The second-order valence-electron chi connectivity index (χ2n) is 5.32. The maximum Gasteiger partial charge on any atom is 0.407 e. The zero-order valence-electron chi connectivity index (χ0n) is 12.3. The van der Waals surface area contributed by atoms with E-state index in [0.29, 0.717) is 36.8 Å². The number of phenols is 1. The summed E-state index contributed by atoms with van der Waals surface area (Å²) >= 11 is 6.00. The third-order valence-corrected chi connectivity index (χ3v) is 4.12. The number of nitrogens with zero attached hydrogens (tertiary/aromatic N) is 3. The highest BCUT2D eigenvalue weighted by Gasteiger charge is 2.21. The highest BCUT2D eigenvalue weighted by molar-refractivity contribution is 6.31. The average molecular weight is 334 g/mol. The molecule has 0 aliphatic carbocycles. The van der Waals surface area contributed by atoms with Crippen molar-refractivity contribution >= 4 is 23.5 Å². The molecule has 1 aliphatic rings. The number of rotatable bonds is 2. The number of carbonyl (C=O) groups is 1. The summed E-state index contributed by atoms with van der Waals surface area (Å²) in [6.07, 6.45) is 0.782. The van der Waals surface area contributed by atoms with E-state index in [9.17, 15) is 9.90 Å². The molecule has 1 fully saturated rings. The molecular weight excluding hydrogens is 318 g/mol. The predicted octanol–water partition coefficient (Wildman–Crippen LogP) is 2.91. The van der Waals surface area contributed by atoms with Crippen molar-refractivity contribution in [2.75, 3.05) is 31.1 Å². The number of benzene rings is 1. The second-order valence-corrected chi connectivity index (χ2v) is 5.76. The van der Waals surface area contributed by atoms with Gasteiger partial charge < -0.3 is 20.0 Å². The van der Waals surface area contributed by atoms with E-state index in [4.69, 9.17) is 16.7 Å². The Balaban J connectivity index is 1.83. The molecule has 1 saturated heterocycles. The van der Waals surface area contributed by atoms with Crippen LogP contribution in [0.1, 0.15) is 0 Å². The maximum absolute atomic E-state index is 11.0. The van der Waals surface area contributed by atoms with Crippen LogP contribution in [-0.2, 0) is 0 Å². The van der Waals surface area contributed by atoms with Gasteiger partial charge in [0.1, 0.15) is 11.6 Å². The van der Waals surface area contributed by atoms with Gasteiger partial charge in [0.15, 0.2) is 0 Å². The first-order valence-electron chi connectivity index (χ1n) is 7.22. The van der Waals surface area contributed by atoms with Crippen LogP contribution in [0.4, 0.5) is 10.6 Å². The van der Waals surface area contributed by atoms with Crippen molar-refractivity contribution in [3.8, 4) is 16.9 Å². The molecule has 0 saturated carbocycles. The Morgan fingerprint density at radius 2 is 1.87 bits per heavy atom. The topological polar surface area (TPSA) is 76.9 Å². The Morgan fingerprint density at radius 1 is 1.13 bits per heavy atom. The van der Waals surface area contributed by atoms with Crippen LogP contribution in [0.25, 0.3) is 11.1 Å². The van der Waals surface area contributed by atoms with Gasteiger partial charge in [-0.3, -0.25) is 0 Å². The fraction of sp³-hybridized carbons (Fsp3) is 0.250. The van der Waals surface area contributed by atoms with Gasteiger partial charge in [-0.05, 0) is 35.9 Å². The SMILES string of the molecule is O=C(O)N1CCN(c2cc(-c3cc(Cl)ccc3O)ccn2)CC1. The predicted molar refractivity (Wildman–Crippen MR) is 88.2 cm³/mol. The molecule has 0 radical (unpaired) electrons. The van der Waals surface area contributed by atoms with E-state index in [1.54, 1.807) is 24.4 Å². The minimum atomic E-state index is -0.893. The molecule has 1 aromatic heterocycles. The summed E-state index contributed by atoms with van der Waals surface area (Å²) < 4.78 is 0. The molecule has 0 unspecified atom stereocenters. The normalized spacial score (nSPS) is 14.8. The lowest BCUT2D eigenvalue weighted by Gasteiger charge is -2.34. The molecule has 120 valence electrons. The number of piperazine rings is 1. The number of phenolic OH excluding ortho intramolecular Hbond substituents is 1. The molecule has 23 heavy (non-hydrogen) atoms. The van der Waals surface area contributed by atoms with E-state index >= 15 is 0 Å². The molecule has 0 bridgehead atoms. The van der Waals surface area contributed by atoms with Gasteiger partial charge in [-0.2, -0.15) is 0 Å². The van der Waals surface area contributed by atoms with Crippen molar-refractivity contribution in [3.05, 3.63) is 41.6 Å². The summed E-state index contributed by atoms with van der Waals surface area (Å²) in [7, 11) is 0. The molecule has 2 aromatic rings. The first-order valence-corrected chi connectivity index (χ1v) is 7.60. The summed E-state index contributed by atoms with van der Waals surface area (Å²) in [5.74, 6) is 0.911. The third kappa shape index (κ3) is 3.32. The summed E-state index contributed by atoms with van der Waals surface area (Å²) in [6.45, 7) is 2.07. The van der Waals surface area contributed by atoms with Gasteiger partial charge in [0.05, 0.1) is 0 Å². The number of halogens is 1. The summed E-state index contributed by atoms with van der Waals surface area (Å²) in [5, 5.41) is 19.6. The van der Waals surface area contributed by atoms with Crippen molar-refractivity contribution < 1.29 is 15.0 Å². The molecule has 1 aliphatic heterocycles. The average Bonchev–Trinajstić information content (AvgIpc) is 2.57. The standard InChI is InChI=1S/C16H16ClN3O3/c17-12-1-2-14(21)13(10-12)11-3-4-18-15(9-11)19-5-7-20(8-6-19)16(22)23/h1-4,9-10,21H,5-8H2,(H,22,23). The van der Waals surface area contributed by atoms with Gasteiger partial charge in [-0.1, -0.05) is 11.6 Å². The molecule has 0 atom stereocenters. The number of aromatic hydroxyl groups is 1. The highest BCUT2D eigenvalue weighted by Crippen LogP contribution is 2.33. The zero-order valence-corrected chi connectivity index (χ0v) is 13.1. The Bertz CT molecular complexity index is 730. The molecule has 0 spiro atoms. The van der Waals surface area contributed by atoms with Crippen molar-refractivity contribution in [2.24, 2.45) is 0 Å². The van der Waals surface area contributed by atoms with Crippen LogP contribution in [-0.4, -0.2) is 52.4 Å². The van der Waals surface area contributed by atoms with E-state index in [2.05, 4.69) is 4.98 Å². The number of anilines is 1. The van der Waals surface area contributed by atoms with E-state index in [1.165, 1.54) is 4.90 Å². The number of hydrogen-bond donors (Lipinski definition) is 2. The number of hydrogen-bond acceptors (Lipinski definition) is 4. The van der Waals surface area contributed by atoms with Crippen LogP contribution < -0.4 is 4.90 Å². The van der Waals surface area contributed by atoms with Gasteiger partial charge in [-0.15, -0.1) is 0 Å². The van der Waals surface area contributed by atoms with Crippen molar-refractivity contribution in [1.29, 1.82) is 0 Å². The minimum absolute atomic E-state index is 0.155. The Kier molecular flexibility index (Phi) is 4.25. The molecule has 1 aromatic carbocycles. The summed E-state index contributed by atoms with van der Waals surface area (Å²) in [6, 6.07) is 8.58. The van der Waals surface area contributed by atoms with Crippen LogP contribution in [0, 0.1) is 0 Å². The monoisotopic (exact) mass is 333 g/mol.